The summed E-state index contributed by atoms with van der Waals surface area (Å²) in [4.78, 5) is 25.6. The van der Waals surface area contributed by atoms with Gasteiger partial charge in [0.1, 0.15) is 17.1 Å². The highest BCUT2D eigenvalue weighted by Gasteiger charge is 2.39. The summed E-state index contributed by atoms with van der Waals surface area (Å²) in [6.07, 6.45) is 2.74. The summed E-state index contributed by atoms with van der Waals surface area (Å²) in [5, 5.41) is 12.3. The zero-order valence-electron chi connectivity index (χ0n) is 15.8. The van der Waals surface area contributed by atoms with Gasteiger partial charge in [-0.3, -0.25) is 4.79 Å². The maximum atomic E-state index is 15.5. The van der Waals surface area contributed by atoms with Crippen LogP contribution < -0.4 is 15.6 Å². The van der Waals surface area contributed by atoms with Crippen molar-refractivity contribution in [1.29, 1.82) is 0 Å². The largest absolute Gasteiger partial charge is 0.477 e. The van der Waals surface area contributed by atoms with Gasteiger partial charge in [0.2, 0.25) is 5.43 Å². The summed E-state index contributed by atoms with van der Waals surface area (Å²) >= 11 is 0. The Labute approximate surface area is 160 Å². The van der Waals surface area contributed by atoms with Crippen LogP contribution >= 0.6 is 0 Å². The van der Waals surface area contributed by atoms with Crippen molar-refractivity contribution in [2.45, 2.75) is 38.8 Å². The second-order valence-corrected chi connectivity index (χ2v) is 7.69. The normalized spacial score (nSPS) is 21.8. The van der Waals surface area contributed by atoms with E-state index < -0.39 is 28.6 Å². The molecule has 8 heteroatoms. The standard InChI is InChI=1S/C20H23F2N3O3/c1-3-23-7-11-8-24(10(11)2)18-15(21)6-13-17(16(18)22)25(12-4-5-12)9-14(19(13)26)20(27)28/h6,9-12,23H,3-5,7-8H2,1-2H3,(H,27,28). The first-order valence-electron chi connectivity index (χ1n) is 9.62. The van der Waals surface area contributed by atoms with Crippen molar-refractivity contribution in [3.8, 4) is 0 Å². The molecule has 1 aromatic carbocycles. The number of nitrogens with one attached hydrogen (secondary N) is 1. The Bertz CT molecular complexity index is 1020. The number of rotatable bonds is 6. The molecule has 2 N–H and O–H groups in total. The average Bonchev–Trinajstić information content (AvgIpc) is 3.48. The number of pyridine rings is 1. The van der Waals surface area contributed by atoms with E-state index in [2.05, 4.69) is 5.32 Å². The predicted molar refractivity (Wildman–Crippen MR) is 102 cm³/mol. The van der Waals surface area contributed by atoms with E-state index in [9.17, 15) is 19.1 Å². The maximum Gasteiger partial charge on any atom is 0.341 e. The molecular weight excluding hydrogens is 368 g/mol. The van der Waals surface area contributed by atoms with Gasteiger partial charge in [-0.25, -0.2) is 13.6 Å². The monoisotopic (exact) mass is 391 g/mol. The van der Waals surface area contributed by atoms with Crippen LogP contribution in [0.2, 0.25) is 0 Å². The number of halogens is 2. The van der Waals surface area contributed by atoms with Gasteiger partial charge in [0.25, 0.3) is 0 Å². The van der Waals surface area contributed by atoms with Crippen molar-refractivity contribution in [3.05, 3.63) is 39.7 Å². The maximum absolute atomic E-state index is 15.5. The quantitative estimate of drug-likeness (QED) is 0.792. The molecule has 4 rings (SSSR count). The molecule has 0 amide bonds. The van der Waals surface area contributed by atoms with Gasteiger partial charge in [-0.05, 0) is 32.4 Å². The van der Waals surface area contributed by atoms with E-state index in [0.717, 1.165) is 32.0 Å². The van der Waals surface area contributed by atoms with Gasteiger partial charge < -0.3 is 19.9 Å². The summed E-state index contributed by atoms with van der Waals surface area (Å²) in [5.41, 5.74) is -1.46. The second-order valence-electron chi connectivity index (χ2n) is 7.69. The van der Waals surface area contributed by atoms with Crippen LogP contribution in [0.25, 0.3) is 10.9 Å². The van der Waals surface area contributed by atoms with Gasteiger partial charge in [0, 0.05) is 37.3 Å². The Morgan fingerprint density at radius 1 is 1.36 bits per heavy atom. The topological polar surface area (TPSA) is 74.6 Å². The van der Waals surface area contributed by atoms with Crippen molar-refractivity contribution < 1.29 is 18.7 Å². The Balaban J connectivity index is 1.85. The lowest BCUT2D eigenvalue weighted by Gasteiger charge is -2.48. The third kappa shape index (κ3) is 2.87. The van der Waals surface area contributed by atoms with Crippen molar-refractivity contribution in [1.82, 2.24) is 9.88 Å². The fourth-order valence-corrected chi connectivity index (χ4v) is 4.04. The summed E-state index contributed by atoms with van der Waals surface area (Å²) in [6, 6.07) is 0.885. The molecule has 150 valence electrons. The van der Waals surface area contributed by atoms with Gasteiger partial charge in [-0.2, -0.15) is 0 Å². The molecule has 0 bridgehead atoms. The fourth-order valence-electron chi connectivity index (χ4n) is 4.04. The van der Waals surface area contributed by atoms with Crippen LogP contribution in [-0.4, -0.2) is 41.3 Å². The zero-order chi connectivity index (χ0) is 20.2. The number of aromatic nitrogens is 1. The van der Waals surface area contributed by atoms with Crippen LogP contribution in [0.15, 0.2) is 17.1 Å². The fraction of sp³-hybridized carbons (Fsp3) is 0.500. The SMILES string of the molecule is CCNCC1CN(c2c(F)cc3c(=O)c(C(=O)O)cn(C4CC4)c3c2F)C1C. The van der Waals surface area contributed by atoms with E-state index in [1.807, 2.05) is 13.8 Å². The third-order valence-corrected chi connectivity index (χ3v) is 5.90. The molecule has 6 nitrogen and oxygen atoms in total. The summed E-state index contributed by atoms with van der Waals surface area (Å²) in [6.45, 7) is 6.07. The van der Waals surface area contributed by atoms with Gasteiger partial charge in [-0.1, -0.05) is 6.92 Å². The molecule has 28 heavy (non-hydrogen) atoms. The Hall–Kier alpha value is -2.48. The van der Waals surface area contributed by atoms with E-state index >= 15 is 4.39 Å². The molecule has 1 saturated heterocycles. The summed E-state index contributed by atoms with van der Waals surface area (Å²) in [5.74, 6) is -2.73. The van der Waals surface area contributed by atoms with Crippen molar-refractivity contribution in [2.75, 3.05) is 24.5 Å². The van der Waals surface area contributed by atoms with Gasteiger partial charge in [0.05, 0.1) is 10.9 Å². The highest BCUT2D eigenvalue weighted by molar-refractivity contribution is 5.94. The molecule has 1 aliphatic heterocycles. The number of carbonyl (C=O) groups is 1. The number of nitrogens with zero attached hydrogens (tertiary/aromatic N) is 2. The van der Waals surface area contributed by atoms with Crippen LogP contribution in [0.5, 0.6) is 0 Å². The van der Waals surface area contributed by atoms with E-state index in [0.29, 0.717) is 6.54 Å². The molecule has 0 spiro atoms. The minimum atomic E-state index is -1.39. The van der Waals surface area contributed by atoms with Crippen molar-refractivity contribution in [2.24, 2.45) is 5.92 Å². The Morgan fingerprint density at radius 3 is 2.64 bits per heavy atom. The molecule has 1 aromatic heterocycles. The smallest absolute Gasteiger partial charge is 0.341 e. The summed E-state index contributed by atoms with van der Waals surface area (Å²) in [7, 11) is 0. The second kappa shape index (κ2) is 6.84. The number of carboxylic acid groups (broad SMARTS) is 1. The number of fused-ring (bicyclic) bond motifs is 1. The third-order valence-electron chi connectivity index (χ3n) is 5.90. The molecule has 2 aromatic rings. The highest BCUT2D eigenvalue weighted by atomic mass is 19.1. The number of carboxylic acids is 1. The number of anilines is 1. The first kappa shape index (κ1) is 18.9. The first-order chi connectivity index (χ1) is 13.3. The first-order valence-corrected chi connectivity index (χ1v) is 9.62. The van der Waals surface area contributed by atoms with E-state index in [1.165, 1.54) is 10.8 Å². The van der Waals surface area contributed by atoms with Crippen molar-refractivity contribution >= 4 is 22.6 Å². The molecule has 1 aliphatic carbocycles. The van der Waals surface area contributed by atoms with Crippen LogP contribution in [0.4, 0.5) is 14.5 Å². The van der Waals surface area contributed by atoms with Crippen LogP contribution in [0.1, 0.15) is 43.1 Å². The van der Waals surface area contributed by atoms with E-state index in [4.69, 9.17) is 0 Å². The summed E-state index contributed by atoms with van der Waals surface area (Å²) < 4.78 is 31.9. The molecule has 2 atom stereocenters. The zero-order valence-corrected chi connectivity index (χ0v) is 15.8. The number of benzene rings is 1. The lowest BCUT2D eigenvalue weighted by atomic mass is 9.88. The lowest BCUT2D eigenvalue weighted by molar-refractivity contribution is 0.0695. The van der Waals surface area contributed by atoms with Crippen LogP contribution in [0, 0.1) is 17.6 Å². The molecule has 0 radical (unpaired) electrons. The molecule has 2 heterocycles. The van der Waals surface area contributed by atoms with E-state index in [1.54, 1.807) is 4.90 Å². The number of hydrogen-bond acceptors (Lipinski definition) is 4. The predicted octanol–water partition coefficient (Wildman–Crippen LogP) is 2.75. The molecule has 2 unspecified atom stereocenters. The van der Waals surface area contributed by atoms with Gasteiger partial charge >= 0.3 is 5.97 Å². The molecular formula is C20H23F2N3O3. The number of aromatic carboxylic acids is 1. The van der Waals surface area contributed by atoms with Crippen molar-refractivity contribution in [3.63, 3.8) is 0 Å². The van der Waals surface area contributed by atoms with Gasteiger partial charge in [0.15, 0.2) is 5.82 Å². The minimum absolute atomic E-state index is 0.00349. The lowest BCUT2D eigenvalue weighted by Crippen LogP contribution is -2.58. The van der Waals surface area contributed by atoms with Gasteiger partial charge in [-0.15, -0.1) is 0 Å². The average molecular weight is 391 g/mol. The highest BCUT2D eigenvalue weighted by Crippen LogP contribution is 2.41. The Kier molecular flexibility index (Phi) is 4.61. The molecule has 2 aliphatic rings. The minimum Gasteiger partial charge on any atom is -0.477 e. The molecule has 2 fully saturated rings. The van der Waals surface area contributed by atoms with E-state index in [-0.39, 0.29) is 34.6 Å². The number of hydrogen-bond donors (Lipinski definition) is 2. The molecule has 1 saturated carbocycles. The Morgan fingerprint density at radius 2 is 2.07 bits per heavy atom. The van der Waals surface area contributed by atoms with Crippen LogP contribution in [0.3, 0.4) is 0 Å². The van der Waals surface area contributed by atoms with Crippen LogP contribution in [-0.2, 0) is 0 Å².